The third kappa shape index (κ3) is 5.63. The first-order valence-electron chi connectivity index (χ1n) is 6.26. The molecule has 0 atom stereocenters. The Morgan fingerprint density at radius 1 is 1.00 bits per heavy atom. The highest BCUT2D eigenvalue weighted by molar-refractivity contribution is 5.12. The second-order valence-electron chi connectivity index (χ2n) is 4.13. The van der Waals surface area contributed by atoms with Crippen LogP contribution in [0.2, 0.25) is 0 Å². The van der Waals surface area contributed by atoms with Gasteiger partial charge in [0.25, 0.3) is 0 Å². The molecule has 1 aromatic heterocycles. The molecule has 1 aromatic rings. The minimum absolute atomic E-state index is 0.327. The van der Waals surface area contributed by atoms with E-state index in [1.165, 1.54) is 44.9 Å². The SMILES string of the molecule is CCCCCCCCCc1ncnc(N)n1. The minimum Gasteiger partial charge on any atom is -0.368 e. The molecule has 0 spiro atoms. The van der Waals surface area contributed by atoms with E-state index < -0.39 is 0 Å². The average Bonchev–Trinajstić information content (AvgIpc) is 2.28. The van der Waals surface area contributed by atoms with Crippen LogP contribution in [-0.4, -0.2) is 15.0 Å². The van der Waals surface area contributed by atoms with Crippen molar-refractivity contribution in [3.8, 4) is 0 Å². The summed E-state index contributed by atoms with van der Waals surface area (Å²) in [5.41, 5.74) is 5.48. The molecule has 0 unspecified atom stereocenters. The van der Waals surface area contributed by atoms with E-state index in [4.69, 9.17) is 5.73 Å². The fraction of sp³-hybridized carbons (Fsp3) is 0.750. The number of anilines is 1. The molecule has 0 fully saturated rings. The Labute approximate surface area is 97.7 Å². The first kappa shape index (κ1) is 12.9. The number of nitrogens with zero attached hydrogens (tertiary/aromatic N) is 3. The van der Waals surface area contributed by atoms with Crippen molar-refractivity contribution in [2.24, 2.45) is 0 Å². The molecule has 0 aliphatic carbocycles. The number of rotatable bonds is 8. The summed E-state index contributed by atoms with van der Waals surface area (Å²) in [4.78, 5) is 11.9. The average molecular weight is 222 g/mol. The smallest absolute Gasteiger partial charge is 0.223 e. The number of unbranched alkanes of at least 4 members (excludes halogenated alkanes) is 6. The Hall–Kier alpha value is -1.19. The van der Waals surface area contributed by atoms with Crippen LogP contribution in [0.4, 0.5) is 5.95 Å². The van der Waals surface area contributed by atoms with Gasteiger partial charge in [-0.15, -0.1) is 0 Å². The van der Waals surface area contributed by atoms with E-state index in [9.17, 15) is 0 Å². The lowest BCUT2D eigenvalue weighted by Crippen LogP contribution is -2.01. The first-order valence-corrected chi connectivity index (χ1v) is 6.26. The molecular formula is C12H22N4. The van der Waals surface area contributed by atoms with E-state index in [1.807, 2.05) is 0 Å². The minimum atomic E-state index is 0.327. The Morgan fingerprint density at radius 2 is 1.69 bits per heavy atom. The fourth-order valence-corrected chi connectivity index (χ4v) is 1.71. The molecule has 1 rings (SSSR count). The summed E-state index contributed by atoms with van der Waals surface area (Å²) < 4.78 is 0. The number of nitrogen functional groups attached to an aromatic ring is 1. The summed E-state index contributed by atoms with van der Waals surface area (Å²) in [6, 6.07) is 0. The van der Waals surface area contributed by atoms with Crippen LogP contribution >= 0.6 is 0 Å². The predicted molar refractivity (Wildman–Crippen MR) is 65.9 cm³/mol. The number of hydrogen-bond donors (Lipinski definition) is 1. The van der Waals surface area contributed by atoms with Gasteiger partial charge < -0.3 is 5.73 Å². The zero-order valence-electron chi connectivity index (χ0n) is 10.2. The van der Waals surface area contributed by atoms with E-state index in [0.717, 1.165) is 18.7 Å². The van der Waals surface area contributed by atoms with Crippen LogP contribution < -0.4 is 5.73 Å². The van der Waals surface area contributed by atoms with Gasteiger partial charge in [-0.2, -0.15) is 4.98 Å². The Kier molecular flexibility index (Phi) is 6.45. The van der Waals surface area contributed by atoms with E-state index in [0.29, 0.717) is 5.95 Å². The van der Waals surface area contributed by atoms with Crippen LogP contribution in [0.1, 0.15) is 57.7 Å². The van der Waals surface area contributed by atoms with E-state index in [2.05, 4.69) is 21.9 Å². The van der Waals surface area contributed by atoms with Gasteiger partial charge in [0, 0.05) is 6.42 Å². The third-order valence-electron chi connectivity index (χ3n) is 2.64. The van der Waals surface area contributed by atoms with Gasteiger partial charge in [0.2, 0.25) is 5.95 Å². The molecule has 0 amide bonds. The summed E-state index contributed by atoms with van der Waals surface area (Å²) in [5.74, 6) is 1.15. The summed E-state index contributed by atoms with van der Waals surface area (Å²) in [5, 5.41) is 0. The molecule has 0 aliphatic heterocycles. The normalized spacial score (nSPS) is 10.6. The molecule has 1 heterocycles. The molecular weight excluding hydrogens is 200 g/mol. The van der Waals surface area contributed by atoms with Gasteiger partial charge in [0.05, 0.1) is 0 Å². The lowest BCUT2D eigenvalue weighted by atomic mass is 10.1. The Bertz CT molecular complexity index is 288. The van der Waals surface area contributed by atoms with Gasteiger partial charge in [-0.25, -0.2) is 9.97 Å². The van der Waals surface area contributed by atoms with Crippen molar-refractivity contribution >= 4 is 5.95 Å². The highest BCUT2D eigenvalue weighted by Crippen LogP contribution is 2.08. The second kappa shape index (κ2) is 8.02. The molecule has 16 heavy (non-hydrogen) atoms. The van der Waals surface area contributed by atoms with Crippen molar-refractivity contribution in [2.45, 2.75) is 58.3 Å². The fourth-order valence-electron chi connectivity index (χ4n) is 1.71. The maximum absolute atomic E-state index is 5.48. The van der Waals surface area contributed by atoms with Crippen LogP contribution in [0.3, 0.4) is 0 Å². The number of aromatic nitrogens is 3. The van der Waals surface area contributed by atoms with E-state index in [-0.39, 0.29) is 0 Å². The Morgan fingerprint density at radius 3 is 2.38 bits per heavy atom. The molecule has 2 N–H and O–H groups in total. The van der Waals surface area contributed by atoms with Crippen LogP contribution in [-0.2, 0) is 6.42 Å². The lowest BCUT2D eigenvalue weighted by Gasteiger charge is -2.01. The third-order valence-corrected chi connectivity index (χ3v) is 2.64. The zero-order valence-corrected chi connectivity index (χ0v) is 10.2. The number of nitrogens with two attached hydrogens (primary N) is 1. The van der Waals surface area contributed by atoms with Crippen LogP contribution in [0.15, 0.2) is 6.33 Å². The molecule has 0 bridgehead atoms. The molecule has 0 aliphatic rings. The molecule has 0 saturated heterocycles. The largest absolute Gasteiger partial charge is 0.368 e. The van der Waals surface area contributed by atoms with Gasteiger partial charge in [0.15, 0.2) is 0 Å². The lowest BCUT2D eigenvalue weighted by molar-refractivity contribution is 0.584. The van der Waals surface area contributed by atoms with Crippen molar-refractivity contribution in [3.63, 3.8) is 0 Å². The van der Waals surface area contributed by atoms with Gasteiger partial charge >= 0.3 is 0 Å². The Balaban J connectivity index is 2.03. The molecule has 0 saturated carbocycles. The molecule has 90 valence electrons. The molecule has 4 nitrogen and oxygen atoms in total. The van der Waals surface area contributed by atoms with Gasteiger partial charge in [-0.3, -0.25) is 0 Å². The van der Waals surface area contributed by atoms with Crippen LogP contribution in [0.25, 0.3) is 0 Å². The van der Waals surface area contributed by atoms with Crippen molar-refractivity contribution in [1.82, 2.24) is 15.0 Å². The number of hydrogen-bond acceptors (Lipinski definition) is 4. The van der Waals surface area contributed by atoms with Gasteiger partial charge in [0.1, 0.15) is 12.2 Å². The summed E-state index contributed by atoms with van der Waals surface area (Å²) in [6.07, 6.45) is 11.5. The topological polar surface area (TPSA) is 64.7 Å². The second-order valence-corrected chi connectivity index (χ2v) is 4.13. The van der Waals surface area contributed by atoms with Crippen LogP contribution in [0.5, 0.6) is 0 Å². The highest BCUT2D eigenvalue weighted by atomic mass is 15.1. The first-order chi connectivity index (χ1) is 7.83. The maximum atomic E-state index is 5.48. The summed E-state index contributed by atoms with van der Waals surface area (Å²) in [6.45, 7) is 2.24. The maximum Gasteiger partial charge on any atom is 0.223 e. The van der Waals surface area contributed by atoms with Gasteiger partial charge in [-0.1, -0.05) is 45.4 Å². The van der Waals surface area contributed by atoms with Crippen molar-refractivity contribution < 1.29 is 0 Å². The van der Waals surface area contributed by atoms with Gasteiger partial charge in [-0.05, 0) is 6.42 Å². The molecule has 0 aromatic carbocycles. The molecule has 0 radical (unpaired) electrons. The zero-order chi connectivity index (χ0) is 11.6. The van der Waals surface area contributed by atoms with Crippen molar-refractivity contribution in [3.05, 3.63) is 12.2 Å². The summed E-state index contributed by atoms with van der Waals surface area (Å²) >= 11 is 0. The van der Waals surface area contributed by atoms with Crippen molar-refractivity contribution in [1.29, 1.82) is 0 Å². The van der Waals surface area contributed by atoms with E-state index in [1.54, 1.807) is 0 Å². The van der Waals surface area contributed by atoms with Crippen LogP contribution in [0, 0.1) is 0 Å². The van der Waals surface area contributed by atoms with E-state index >= 15 is 0 Å². The highest BCUT2D eigenvalue weighted by Gasteiger charge is 1.97. The quantitative estimate of drug-likeness (QED) is 0.687. The monoisotopic (exact) mass is 222 g/mol. The summed E-state index contributed by atoms with van der Waals surface area (Å²) in [7, 11) is 0. The van der Waals surface area contributed by atoms with Crippen molar-refractivity contribution in [2.75, 3.05) is 5.73 Å². The molecule has 4 heteroatoms. The standard InChI is InChI=1S/C12H22N4/c1-2-3-4-5-6-7-8-9-11-14-10-15-12(13)16-11/h10H,2-9H2,1H3,(H2,13,14,15,16). The number of aryl methyl sites for hydroxylation is 1. The predicted octanol–water partition coefficient (Wildman–Crippen LogP) is 2.75.